The number of carboxylic acids is 1. The van der Waals surface area contributed by atoms with Gasteiger partial charge in [-0.1, -0.05) is 6.42 Å². The number of hydrogen-bond donors (Lipinski definition) is 2. The number of carbonyl (C=O) groups is 2. The number of nitrogens with one attached hydrogen (secondary N) is 1. The van der Waals surface area contributed by atoms with Gasteiger partial charge in [-0.2, -0.15) is 13.2 Å². The average Bonchev–Trinajstić information content (AvgIpc) is 2.36. The van der Waals surface area contributed by atoms with Gasteiger partial charge in [0.2, 0.25) is 5.91 Å². The second-order valence-corrected chi connectivity index (χ2v) is 5.13. The SMILES string of the molecule is CC(C(=O)O)=C(C)C(=O)NC1CCCC(C(F)(F)F)C1. The highest BCUT2D eigenvalue weighted by Gasteiger charge is 2.42. The summed E-state index contributed by atoms with van der Waals surface area (Å²) in [6.45, 7) is 2.64. The summed E-state index contributed by atoms with van der Waals surface area (Å²) in [6.07, 6.45) is -3.42. The molecule has 1 aliphatic rings. The Morgan fingerprint density at radius 3 is 2.25 bits per heavy atom. The number of aliphatic carboxylic acids is 1. The molecule has 0 aromatic carbocycles. The highest BCUT2D eigenvalue weighted by molar-refractivity contribution is 6.01. The molecule has 7 heteroatoms. The van der Waals surface area contributed by atoms with Crippen LogP contribution in [0.1, 0.15) is 39.5 Å². The molecule has 2 atom stereocenters. The van der Waals surface area contributed by atoms with Crippen LogP contribution in [0.5, 0.6) is 0 Å². The van der Waals surface area contributed by atoms with Crippen molar-refractivity contribution < 1.29 is 27.9 Å². The van der Waals surface area contributed by atoms with Crippen molar-refractivity contribution in [3.8, 4) is 0 Å². The third-order valence-electron chi connectivity index (χ3n) is 3.70. The van der Waals surface area contributed by atoms with Gasteiger partial charge in [-0.05, 0) is 33.1 Å². The molecule has 20 heavy (non-hydrogen) atoms. The minimum Gasteiger partial charge on any atom is -0.478 e. The van der Waals surface area contributed by atoms with Crippen molar-refractivity contribution in [2.45, 2.75) is 51.7 Å². The van der Waals surface area contributed by atoms with Gasteiger partial charge in [0.05, 0.1) is 5.92 Å². The van der Waals surface area contributed by atoms with Crippen LogP contribution in [-0.2, 0) is 9.59 Å². The normalized spacial score (nSPS) is 24.9. The molecule has 0 aromatic heterocycles. The number of alkyl halides is 3. The summed E-state index contributed by atoms with van der Waals surface area (Å²) in [5, 5.41) is 11.3. The zero-order valence-electron chi connectivity index (χ0n) is 11.4. The predicted octanol–water partition coefficient (Wildman–Crippen LogP) is 2.64. The van der Waals surface area contributed by atoms with Gasteiger partial charge in [0.25, 0.3) is 0 Å². The number of hydrogen-bond acceptors (Lipinski definition) is 2. The highest BCUT2D eigenvalue weighted by Crippen LogP contribution is 2.37. The molecule has 1 aliphatic carbocycles. The van der Waals surface area contributed by atoms with Gasteiger partial charge in [-0.15, -0.1) is 0 Å². The molecule has 0 aromatic rings. The lowest BCUT2D eigenvalue weighted by Gasteiger charge is -2.31. The Bertz CT molecular complexity index is 429. The predicted molar refractivity (Wildman–Crippen MR) is 66.0 cm³/mol. The Kier molecular flexibility index (Phi) is 5.19. The molecule has 1 amide bonds. The van der Waals surface area contributed by atoms with E-state index in [-0.39, 0.29) is 24.0 Å². The maximum absolute atomic E-state index is 12.6. The summed E-state index contributed by atoms with van der Waals surface area (Å²) >= 11 is 0. The van der Waals surface area contributed by atoms with E-state index in [0.29, 0.717) is 12.8 Å². The van der Waals surface area contributed by atoms with Gasteiger partial charge < -0.3 is 10.4 Å². The minimum absolute atomic E-state index is 0.0200. The maximum atomic E-state index is 12.6. The van der Waals surface area contributed by atoms with Gasteiger partial charge in [-0.3, -0.25) is 4.79 Å². The minimum atomic E-state index is -4.24. The molecule has 1 fully saturated rings. The van der Waals surface area contributed by atoms with Gasteiger partial charge in [0.1, 0.15) is 0 Å². The van der Waals surface area contributed by atoms with Crippen molar-refractivity contribution in [2.75, 3.05) is 0 Å². The van der Waals surface area contributed by atoms with E-state index in [1.54, 1.807) is 0 Å². The maximum Gasteiger partial charge on any atom is 0.391 e. The summed E-state index contributed by atoms with van der Waals surface area (Å²) < 4.78 is 37.9. The lowest BCUT2D eigenvalue weighted by atomic mass is 9.85. The standard InChI is InChI=1S/C13H18F3NO3/c1-7(8(2)12(19)20)11(18)17-10-5-3-4-9(6-10)13(14,15)16/h9-10H,3-6H2,1-2H3,(H,17,18)(H,19,20). The van der Waals surface area contributed by atoms with Crippen LogP contribution < -0.4 is 5.32 Å². The first-order valence-corrected chi connectivity index (χ1v) is 6.41. The van der Waals surface area contributed by atoms with E-state index < -0.39 is 30.0 Å². The van der Waals surface area contributed by atoms with Crippen molar-refractivity contribution >= 4 is 11.9 Å². The van der Waals surface area contributed by atoms with E-state index in [2.05, 4.69) is 5.32 Å². The Morgan fingerprint density at radius 1 is 1.15 bits per heavy atom. The third-order valence-corrected chi connectivity index (χ3v) is 3.70. The first-order chi connectivity index (χ1) is 9.12. The highest BCUT2D eigenvalue weighted by atomic mass is 19.4. The van der Waals surface area contributed by atoms with Crippen LogP contribution in [-0.4, -0.2) is 29.2 Å². The van der Waals surface area contributed by atoms with Crippen LogP contribution in [0.3, 0.4) is 0 Å². The van der Waals surface area contributed by atoms with Crippen LogP contribution in [0.15, 0.2) is 11.1 Å². The molecule has 0 saturated heterocycles. The largest absolute Gasteiger partial charge is 0.478 e. The Hall–Kier alpha value is -1.53. The lowest BCUT2D eigenvalue weighted by molar-refractivity contribution is -0.184. The molecule has 0 radical (unpaired) electrons. The molecule has 0 bridgehead atoms. The molecule has 0 aliphatic heterocycles. The smallest absolute Gasteiger partial charge is 0.391 e. The van der Waals surface area contributed by atoms with E-state index in [0.717, 1.165) is 0 Å². The van der Waals surface area contributed by atoms with Gasteiger partial charge in [0.15, 0.2) is 0 Å². The lowest BCUT2D eigenvalue weighted by Crippen LogP contribution is -2.42. The van der Waals surface area contributed by atoms with Gasteiger partial charge >= 0.3 is 12.1 Å². The fourth-order valence-electron chi connectivity index (χ4n) is 2.24. The number of rotatable bonds is 3. The quantitative estimate of drug-likeness (QED) is 0.786. The number of carbonyl (C=O) groups excluding carboxylic acids is 1. The number of carboxylic acid groups (broad SMARTS) is 1. The zero-order valence-corrected chi connectivity index (χ0v) is 11.4. The summed E-state index contributed by atoms with van der Waals surface area (Å²) in [7, 11) is 0. The Morgan fingerprint density at radius 2 is 1.75 bits per heavy atom. The van der Waals surface area contributed by atoms with Crippen molar-refractivity contribution in [1.82, 2.24) is 5.32 Å². The van der Waals surface area contributed by atoms with Crippen LogP contribution in [0.4, 0.5) is 13.2 Å². The summed E-state index contributed by atoms with van der Waals surface area (Å²) in [5.74, 6) is -3.22. The average molecular weight is 293 g/mol. The monoisotopic (exact) mass is 293 g/mol. The van der Waals surface area contributed by atoms with Gasteiger partial charge in [0, 0.05) is 17.2 Å². The second kappa shape index (κ2) is 6.28. The van der Waals surface area contributed by atoms with E-state index in [4.69, 9.17) is 5.11 Å². The van der Waals surface area contributed by atoms with E-state index >= 15 is 0 Å². The molecule has 2 N–H and O–H groups in total. The fraction of sp³-hybridized carbons (Fsp3) is 0.692. The van der Waals surface area contributed by atoms with E-state index in [1.807, 2.05) is 0 Å². The first kappa shape index (κ1) is 16.5. The summed E-state index contributed by atoms with van der Waals surface area (Å²) in [5.41, 5.74) is -0.0858. The van der Waals surface area contributed by atoms with E-state index in [9.17, 15) is 22.8 Å². The van der Waals surface area contributed by atoms with Crippen LogP contribution in [0.25, 0.3) is 0 Å². The number of halogens is 3. The van der Waals surface area contributed by atoms with Crippen LogP contribution >= 0.6 is 0 Å². The van der Waals surface area contributed by atoms with Crippen molar-refractivity contribution in [3.63, 3.8) is 0 Å². The van der Waals surface area contributed by atoms with Crippen molar-refractivity contribution in [2.24, 2.45) is 5.92 Å². The molecular weight excluding hydrogens is 275 g/mol. The third kappa shape index (κ3) is 4.25. The van der Waals surface area contributed by atoms with E-state index in [1.165, 1.54) is 13.8 Å². The van der Waals surface area contributed by atoms with Crippen LogP contribution in [0, 0.1) is 5.92 Å². The second-order valence-electron chi connectivity index (χ2n) is 5.13. The molecule has 1 rings (SSSR count). The topological polar surface area (TPSA) is 66.4 Å². The van der Waals surface area contributed by atoms with Crippen molar-refractivity contribution in [3.05, 3.63) is 11.1 Å². The van der Waals surface area contributed by atoms with Gasteiger partial charge in [-0.25, -0.2) is 4.79 Å². The molecular formula is C13H18F3NO3. The molecule has 114 valence electrons. The zero-order chi connectivity index (χ0) is 15.5. The van der Waals surface area contributed by atoms with Crippen LogP contribution in [0.2, 0.25) is 0 Å². The molecule has 4 nitrogen and oxygen atoms in total. The Balaban J connectivity index is 2.67. The fourth-order valence-corrected chi connectivity index (χ4v) is 2.24. The Labute approximate surface area is 115 Å². The summed E-state index contributed by atoms with van der Waals surface area (Å²) in [4.78, 5) is 22.5. The number of amides is 1. The molecule has 0 heterocycles. The molecule has 2 unspecified atom stereocenters. The summed E-state index contributed by atoms with van der Waals surface area (Å²) in [6, 6.07) is -0.556. The molecule has 1 saturated carbocycles. The first-order valence-electron chi connectivity index (χ1n) is 6.41. The van der Waals surface area contributed by atoms with Crippen molar-refractivity contribution in [1.29, 1.82) is 0 Å². The molecule has 0 spiro atoms.